The van der Waals surface area contributed by atoms with E-state index in [1.807, 2.05) is 6.07 Å². The molecule has 2 aromatic rings. The molecule has 5 rings (SSSR count). The Kier molecular flexibility index (Phi) is 4.03. The summed E-state index contributed by atoms with van der Waals surface area (Å²) in [6.07, 6.45) is 6.46. The number of primary amides is 1. The molecule has 0 radical (unpaired) electrons. The van der Waals surface area contributed by atoms with Crippen molar-refractivity contribution in [2.75, 3.05) is 29.9 Å². The monoisotopic (exact) mass is 377 g/mol. The normalized spacial score (nSPS) is 22.0. The highest BCUT2D eigenvalue weighted by molar-refractivity contribution is 5.77. The highest BCUT2D eigenvalue weighted by Crippen LogP contribution is 2.46. The number of carbonyl (C=O) groups excluding carboxylic acids is 1. The summed E-state index contributed by atoms with van der Waals surface area (Å²) in [4.78, 5) is 23.0. The van der Waals surface area contributed by atoms with Crippen molar-refractivity contribution in [3.8, 4) is 0 Å². The van der Waals surface area contributed by atoms with Crippen LogP contribution in [0.5, 0.6) is 0 Å². The lowest BCUT2D eigenvalue weighted by atomic mass is 9.74. The maximum Gasteiger partial charge on any atom is 0.221 e. The molecule has 146 valence electrons. The van der Waals surface area contributed by atoms with Gasteiger partial charge in [0, 0.05) is 42.0 Å². The first-order valence-electron chi connectivity index (χ1n) is 10.3. The van der Waals surface area contributed by atoms with Gasteiger partial charge in [0.15, 0.2) is 0 Å². The van der Waals surface area contributed by atoms with Crippen molar-refractivity contribution in [1.29, 1.82) is 0 Å². The first-order valence-corrected chi connectivity index (χ1v) is 10.3. The summed E-state index contributed by atoms with van der Waals surface area (Å²) in [5.74, 6) is 1.42. The minimum Gasteiger partial charge on any atom is -0.384 e. The van der Waals surface area contributed by atoms with Gasteiger partial charge in [-0.15, -0.1) is 0 Å². The van der Waals surface area contributed by atoms with E-state index in [1.54, 1.807) is 6.33 Å². The first kappa shape index (κ1) is 17.5. The van der Waals surface area contributed by atoms with Crippen LogP contribution in [0.25, 0.3) is 0 Å². The number of carbonyl (C=O) groups is 1. The Labute approximate surface area is 165 Å². The highest BCUT2D eigenvalue weighted by Gasteiger charge is 2.42. The summed E-state index contributed by atoms with van der Waals surface area (Å²) in [6, 6.07) is 6.31. The molecule has 1 fully saturated rings. The number of rotatable bonds is 3. The molecular weight excluding hydrogens is 350 g/mol. The zero-order valence-corrected chi connectivity index (χ0v) is 16.4. The zero-order chi connectivity index (χ0) is 19.3. The third-order valence-corrected chi connectivity index (χ3v) is 6.92. The van der Waals surface area contributed by atoms with Crippen LogP contribution in [-0.2, 0) is 23.1 Å². The largest absolute Gasteiger partial charge is 0.384 e. The topological polar surface area (TPSA) is 84.1 Å². The molecule has 0 saturated carbocycles. The lowest BCUT2D eigenvalue weighted by Gasteiger charge is -2.40. The number of hydrogen-bond donors (Lipinski definition) is 2. The summed E-state index contributed by atoms with van der Waals surface area (Å²) in [5, 5.41) is 3.58. The second-order valence-corrected chi connectivity index (χ2v) is 8.64. The molecule has 0 bridgehead atoms. The van der Waals surface area contributed by atoms with Crippen molar-refractivity contribution in [1.82, 2.24) is 9.97 Å². The number of benzene rings is 1. The predicted octanol–water partition coefficient (Wildman–Crippen LogP) is 2.52. The van der Waals surface area contributed by atoms with Gasteiger partial charge in [0.25, 0.3) is 0 Å². The van der Waals surface area contributed by atoms with Crippen LogP contribution in [0.2, 0.25) is 0 Å². The van der Waals surface area contributed by atoms with Crippen molar-refractivity contribution >= 4 is 17.4 Å². The number of nitrogens with one attached hydrogen (secondary N) is 1. The average Bonchev–Trinajstić information content (AvgIpc) is 3.24. The second kappa shape index (κ2) is 6.47. The van der Waals surface area contributed by atoms with E-state index in [-0.39, 0.29) is 11.3 Å². The molecule has 1 saturated heterocycles. The molecule has 28 heavy (non-hydrogen) atoms. The van der Waals surface area contributed by atoms with E-state index < -0.39 is 0 Å². The molecule has 1 aromatic heterocycles. The minimum atomic E-state index is -0.276. The minimum absolute atomic E-state index is 0.140. The van der Waals surface area contributed by atoms with Gasteiger partial charge in [0.2, 0.25) is 5.91 Å². The molecule has 3 N–H and O–H groups in total. The summed E-state index contributed by atoms with van der Waals surface area (Å²) >= 11 is 0. The molecule has 3 heterocycles. The average molecular weight is 377 g/mol. The quantitative estimate of drug-likeness (QED) is 0.859. The lowest BCUT2D eigenvalue weighted by Crippen LogP contribution is -2.44. The number of piperidine rings is 1. The number of hydrogen-bond acceptors (Lipinski definition) is 5. The van der Waals surface area contributed by atoms with Gasteiger partial charge >= 0.3 is 0 Å². The molecule has 1 amide bonds. The number of nitrogens with two attached hydrogens (primary N) is 1. The predicted molar refractivity (Wildman–Crippen MR) is 110 cm³/mol. The van der Waals surface area contributed by atoms with E-state index in [1.165, 1.54) is 28.9 Å². The van der Waals surface area contributed by atoms with Crippen LogP contribution < -0.4 is 16.0 Å². The third-order valence-electron chi connectivity index (χ3n) is 6.92. The van der Waals surface area contributed by atoms with Crippen LogP contribution in [0.15, 0.2) is 24.5 Å². The van der Waals surface area contributed by atoms with E-state index in [2.05, 4.69) is 39.2 Å². The Bertz CT molecular complexity index is 933. The summed E-state index contributed by atoms with van der Waals surface area (Å²) < 4.78 is 0. The van der Waals surface area contributed by atoms with Crippen LogP contribution in [0.4, 0.5) is 11.5 Å². The molecule has 1 aromatic carbocycles. The number of nitrogens with zero attached hydrogens (tertiary/aromatic N) is 3. The summed E-state index contributed by atoms with van der Waals surface area (Å²) in [6.45, 7) is 5.25. The molecule has 1 unspecified atom stereocenters. The number of amides is 1. The van der Waals surface area contributed by atoms with Gasteiger partial charge in [-0.1, -0.05) is 19.1 Å². The molecular formula is C22H27N5O. The lowest BCUT2D eigenvalue weighted by molar-refractivity contribution is -0.117. The second-order valence-electron chi connectivity index (χ2n) is 8.64. The van der Waals surface area contributed by atoms with E-state index >= 15 is 0 Å². The van der Waals surface area contributed by atoms with E-state index in [4.69, 9.17) is 5.73 Å². The van der Waals surface area contributed by atoms with Crippen LogP contribution in [0, 0.1) is 0 Å². The fourth-order valence-electron chi connectivity index (χ4n) is 5.32. The Morgan fingerprint density at radius 3 is 2.93 bits per heavy atom. The Morgan fingerprint density at radius 1 is 1.32 bits per heavy atom. The van der Waals surface area contributed by atoms with Gasteiger partial charge in [-0.05, 0) is 48.8 Å². The van der Waals surface area contributed by atoms with Gasteiger partial charge in [0.05, 0.1) is 6.42 Å². The molecule has 1 atom stereocenters. The zero-order valence-electron chi connectivity index (χ0n) is 16.4. The van der Waals surface area contributed by atoms with Gasteiger partial charge in [-0.2, -0.15) is 0 Å². The standard InChI is InChI=1S/C22H27N5O/c1-14-2-4-18-20(14)21(26-13-25-18)27-8-6-22(7-9-27)12-24-17-5-3-15(10-16(17)22)11-19(23)28/h3,5,10,13-14,24H,2,4,6-9,11-12H2,1H3,(H2,23,28). The van der Waals surface area contributed by atoms with E-state index in [9.17, 15) is 4.79 Å². The van der Waals surface area contributed by atoms with Crippen LogP contribution in [0.3, 0.4) is 0 Å². The highest BCUT2D eigenvalue weighted by atomic mass is 16.1. The van der Waals surface area contributed by atoms with Crippen molar-refractivity contribution in [3.05, 3.63) is 46.9 Å². The van der Waals surface area contributed by atoms with Gasteiger partial charge in [-0.25, -0.2) is 9.97 Å². The van der Waals surface area contributed by atoms with Gasteiger partial charge in [0.1, 0.15) is 12.1 Å². The maximum atomic E-state index is 11.3. The maximum absolute atomic E-state index is 11.3. The summed E-state index contributed by atoms with van der Waals surface area (Å²) in [5.41, 5.74) is 11.7. The molecule has 2 aliphatic heterocycles. The molecule has 6 heteroatoms. The van der Waals surface area contributed by atoms with Crippen LogP contribution in [0.1, 0.15) is 54.5 Å². The number of fused-ring (bicyclic) bond motifs is 3. The van der Waals surface area contributed by atoms with E-state index in [0.717, 1.165) is 50.3 Å². The van der Waals surface area contributed by atoms with Crippen molar-refractivity contribution in [2.24, 2.45) is 5.73 Å². The summed E-state index contributed by atoms with van der Waals surface area (Å²) in [7, 11) is 0. The first-order chi connectivity index (χ1) is 13.6. The van der Waals surface area contributed by atoms with Crippen LogP contribution >= 0.6 is 0 Å². The number of aryl methyl sites for hydroxylation is 1. The van der Waals surface area contributed by atoms with Gasteiger partial charge < -0.3 is 16.0 Å². The molecule has 6 nitrogen and oxygen atoms in total. The molecule has 3 aliphatic rings. The fraction of sp³-hybridized carbons (Fsp3) is 0.500. The van der Waals surface area contributed by atoms with Crippen molar-refractivity contribution < 1.29 is 4.79 Å². The third kappa shape index (κ3) is 2.74. The Hall–Kier alpha value is -2.63. The van der Waals surface area contributed by atoms with Crippen molar-refractivity contribution in [3.63, 3.8) is 0 Å². The van der Waals surface area contributed by atoms with Crippen LogP contribution in [-0.4, -0.2) is 35.5 Å². The molecule has 1 aliphatic carbocycles. The van der Waals surface area contributed by atoms with Crippen molar-refractivity contribution in [2.45, 2.75) is 50.4 Å². The number of aromatic nitrogens is 2. The SMILES string of the molecule is CC1CCc2ncnc(N3CCC4(CC3)CNc3ccc(CC(N)=O)cc34)c21. The number of anilines is 2. The fourth-order valence-corrected chi connectivity index (χ4v) is 5.32. The van der Waals surface area contributed by atoms with E-state index in [0.29, 0.717) is 12.3 Å². The molecule has 1 spiro atoms. The van der Waals surface area contributed by atoms with Gasteiger partial charge in [-0.3, -0.25) is 4.79 Å². The smallest absolute Gasteiger partial charge is 0.221 e. The Balaban J connectivity index is 1.39. The Morgan fingerprint density at radius 2 is 2.14 bits per heavy atom.